The third-order valence-corrected chi connectivity index (χ3v) is 5.77. The van der Waals surface area contributed by atoms with E-state index in [-0.39, 0.29) is 17.1 Å². The van der Waals surface area contributed by atoms with E-state index < -0.39 is 0 Å². The fourth-order valence-electron chi connectivity index (χ4n) is 4.04. The van der Waals surface area contributed by atoms with Crippen LogP contribution in [0.5, 0.6) is 0 Å². The molecule has 1 saturated heterocycles. The van der Waals surface area contributed by atoms with Crippen LogP contribution in [0.25, 0.3) is 11.0 Å². The highest BCUT2D eigenvalue weighted by Crippen LogP contribution is 2.21. The van der Waals surface area contributed by atoms with Gasteiger partial charge in [0.15, 0.2) is 11.2 Å². The van der Waals surface area contributed by atoms with Gasteiger partial charge >= 0.3 is 0 Å². The number of anilines is 1. The largest absolute Gasteiger partial charge is 0.451 e. The lowest BCUT2D eigenvalue weighted by atomic mass is 9.93. The number of fused-ring (bicyclic) bond motifs is 1. The summed E-state index contributed by atoms with van der Waals surface area (Å²) in [5.74, 6) is 0.284. The van der Waals surface area contributed by atoms with Crippen LogP contribution in [0.1, 0.15) is 35.4 Å². The van der Waals surface area contributed by atoms with Crippen molar-refractivity contribution < 1.29 is 9.21 Å². The topological polar surface area (TPSA) is 88.6 Å². The Morgan fingerprint density at radius 1 is 1.10 bits per heavy atom. The van der Waals surface area contributed by atoms with Gasteiger partial charge in [-0.2, -0.15) is 0 Å². The molecule has 1 aliphatic heterocycles. The molecule has 2 heterocycles. The molecule has 0 bridgehead atoms. The summed E-state index contributed by atoms with van der Waals surface area (Å²) < 4.78 is 5.60. The maximum absolute atomic E-state index is 12.4. The Hall–Kier alpha value is -3.12. The molecular weight excluding hydrogens is 378 g/mol. The molecule has 1 aliphatic rings. The molecule has 4 rings (SSSR count). The van der Waals surface area contributed by atoms with Gasteiger partial charge < -0.3 is 15.5 Å². The van der Waals surface area contributed by atoms with Gasteiger partial charge in [-0.05, 0) is 62.0 Å². The van der Waals surface area contributed by atoms with Crippen molar-refractivity contribution in [3.63, 3.8) is 0 Å². The molecule has 1 aromatic heterocycles. The van der Waals surface area contributed by atoms with E-state index in [0.717, 1.165) is 38.9 Å². The number of rotatable bonds is 6. The number of hydrogen-bond acceptors (Lipinski definition) is 5. The number of hydrogen-bond donors (Lipinski definition) is 2. The van der Waals surface area contributed by atoms with Crippen LogP contribution in [0.4, 0.5) is 5.69 Å². The van der Waals surface area contributed by atoms with Crippen molar-refractivity contribution in [2.24, 2.45) is 5.92 Å². The van der Waals surface area contributed by atoms with Crippen LogP contribution in [0.3, 0.4) is 0 Å². The first-order valence-corrected chi connectivity index (χ1v) is 10.5. The highest BCUT2D eigenvalue weighted by atomic mass is 16.3. The number of likely N-dealkylation sites (tertiary alicyclic amines) is 1. The molecule has 30 heavy (non-hydrogen) atoms. The number of carbonyl (C=O) groups is 1. The van der Waals surface area contributed by atoms with Gasteiger partial charge in [0.25, 0.3) is 5.91 Å². The van der Waals surface area contributed by atoms with Crippen molar-refractivity contribution >= 4 is 22.6 Å². The van der Waals surface area contributed by atoms with E-state index in [2.05, 4.69) is 34.5 Å². The predicted octanol–water partition coefficient (Wildman–Crippen LogP) is 3.41. The smallest absolute Gasteiger partial charge is 0.287 e. The average Bonchev–Trinajstić information content (AvgIpc) is 2.76. The molecule has 1 amide bonds. The van der Waals surface area contributed by atoms with Gasteiger partial charge in [-0.15, -0.1) is 0 Å². The average molecular weight is 405 g/mol. The minimum absolute atomic E-state index is 0.0370. The summed E-state index contributed by atoms with van der Waals surface area (Å²) in [7, 11) is 0. The van der Waals surface area contributed by atoms with E-state index in [1.807, 2.05) is 6.07 Å². The van der Waals surface area contributed by atoms with Crippen LogP contribution in [0.15, 0.2) is 63.8 Å². The highest BCUT2D eigenvalue weighted by molar-refractivity contribution is 5.93. The summed E-state index contributed by atoms with van der Waals surface area (Å²) >= 11 is 0. The van der Waals surface area contributed by atoms with Crippen LogP contribution in [0, 0.1) is 5.92 Å². The van der Waals surface area contributed by atoms with Crippen LogP contribution < -0.4 is 16.5 Å². The van der Waals surface area contributed by atoms with Gasteiger partial charge in [0.05, 0.1) is 5.39 Å². The second kappa shape index (κ2) is 9.13. The zero-order valence-electron chi connectivity index (χ0n) is 17.0. The molecule has 3 aromatic rings. The second-order valence-electron chi connectivity index (χ2n) is 7.98. The molecule has 3 N–H and O–H groups in total. The number of piperidine rings is 1. The molecule has 0 unspecified atom stereocenters. The lowest BCUT2D eigenvalue weighted by Gasteiger charge is -2.32. The van der Waals surface area contributed by atoms with Crippen LogP contribution in [-0.4, -0.2) is 30.4 Å². The molecule has 1 fully saturated rings. The third-order valence-electron chi connectivity index (χ3n) is 5.77. The predicted molar refractivity (Wildman–Crippen MR) is 118 cm³/mol. The van der Waals surface area contributed by atoms with Crippen LogP contribution in [-0.2, 0) is 6.54 Å². The standard InChI is InChI=1S/C24H27N3O3/c25-19-6-7-22-20(14-19)21(28)15-23(30-22)24(29)26-11-8-17-9-12-27(13-10-17)16-18-4-2-1-3-5-18/h1-7,14-15,17H,8-13,16,25H2,(H,26,29). The Morgan fingerprint density at radius 3 is 2.63 bits per heavy atom. The van der Waals surface area contributed by atoms with E-state index in [0.29, 0.717) is 29.1 Å². The number of benzene rings is 2. The maximum Gasteiger partial charge on any atom is 0.287 e. The van der Waals surface area contributed by atoms with Crippen molar-refractivity contribution in [1.82, 2.24) is 10.2 Å². The van der Waals surface area contributed by atoms with Crippen molar-refractivity contribution in [3.05, 3.63) is 76.1 Å². The summed E-state index contributed by atoms with van der Waals surface area (Å²) in [5.41, 5.74) is 7.65. The second-order valence-corrected chi connectivity index (χ2v) is 7.98. The lowest BCUT2D eigenvalue weighted by Crippen LogP contribution is -2.35. The first kappa shape index (κ1) is 20.2. The van der Waals surface area contributed by atoms with Gasteiger partial charge in [-0.25, -0.2) is 0 Å². The van der Waals surface area contributed by atoms with Gasteiger partial charge in [0.1, 0.15) is 5.58 Å². The van der Waals surface area contributed by atoms with E-state index in [4.69, 9.17) is 10.2 Å². The molecule has 0 saturated carbocycles. The summed E-state index contributed by atoms with van der Waals surface area (Å²) in [6, 6.07) is 16.6. The number of nitrogens with one attached hydrogen (secondary N) is 1. The summed E-state index contributed by atoms with van der Waals surface area (Å²) in [6.07, 6.45) is 3.20. The monoisotopic (exact) mass is 405 g/mol. The first-order chi connectivity index (χ1) is 14.6. The number of nitrogens with zero attached hydrogens (tertiary/aromatic N) is 1. The van der Waals surface area contributed by atoms with Gasteiger partial charge in [0.2, 0.25) is 0 Å². The Bertz CT molecular complexity index is 1070. The zero-order chi connectivity index (χ0) is 20.9. The van der Waals surface area contributed by atoms with Gasteiger partial charge in [0, 0.05) is 24.8 Å². The molecular formula is C24H27N3O3. The number of amides is 1. The first-order valence-electron chi connectivity index (χ1n) is 10.5. The van der Waals surface area contributed by atoms with E-state index >= 15 is 0 Å². The van der Waals surface area contributed by atoms with E-state index in [1.54, 1.807) is 18.2 Å². The number of nitrogen functional groups attached to an aromatic ring is 1. The van der Waals surface area contributed by atoms with Crippen LogP contribution in [0.2, 0.25) is 0 Å². The number of nitrogens with two attached hydrogens (primary N) is 1. The molecule has 6 nitrogen and oxygen atoms in total. The minimum atomic E-state index is -0.354. The van der Waals surface area contributed by atoms with Gasteiger partial charge in [-0.1, -0.05) is 30.3 Å². The summed E-state index contributed by atoms with van der Waals surface area (Å²) in [4.78, 5) is 27.2. The SMILES string of the molecule is Nc1ccc2oc(C(=O)NCCC3CCN(Cc4ccccc4)CC3)cc(=O)c2c1. The molecule has 0 radical (unpaired) electrons. The molecule has 0 aliphatic carbocycles. The van der Waals surface area contributed by atoms with Crippen molar-refractivity contribution in [2.75, 3.05) is 25.4 Å². The minimum Gasteiger partial charge on any atom is -0.451 e. The zero-order valence-corrected chi connectivity index (χ0v) is 17.0. The normalized spacial score (nSPS) is 15.3. The molecule has 6 heteroatoms. The van der Waals surface area contributed by atoms with E-state index in [1.165, 1.54) is 11.6 Å². The molecule has 0 spiro atoms. The lowest BCUT2D eigenvalue weighted by molar-refractivity contribution is 0.0920. The highest BCUT2D eigenvalue weighted by Gasteiger charge is 2.20. The Morgan fingerprint density at radius 2 is 1.87 bits per heavy atom. The fraction of sp³-hybridized carbons (Fsp3) is 0.333. The fourth-order valence-corrected chi connectivity index (χ4v) is 4.04. The quantitative estimate of drug-likeness (QED) is 0.614. The Balaban J connectivity index is 1.25. The third kappa shape index (κ3) is 4.89. The van der Waals surface area contributed by atoms with Crippen molar-refractivity contribution in [1.29, 1.82) is 0 Å². The van der Waals surface area contributed by atoms with E-state index in [9.17, 15) is 9.59 Å². The van der Waals surface area contributed by atoms with Crippen molar-refractivity contribution in [3.8, 4) is 0 Å². The number of carbonyl (C=O) groups excluding carboxylic acids is 1. The molecule has 156 valence electrons. The Labute approximate surface area is 175 Å². The summed E-state index contributed by atoms with van der Waals surface area (Å²) in [5, 5.41) is 3.27. The Kier molecular flexibility index (Phi) is 6.14. The van der Waals surface area contributed by atoms with Crippen molar-refractivity contribution in [2.45, 2.75) is 25.8 Å². The molecule has 2 aromatic carbocycles. The van der Waals surface area contributed by atoms with Crippen LogP contribution >= 0.6 is 0 Å². The summed E-state index contributed by atoms with van der Waals surface area (Å²) in [6.45, 7) is 3.73. The molecule has 0 atom stereocenters. The maximum atomic E-state index is 12.4. The van der Waals surface area contributed by atoms with Gasteiger partial charge in [-0.3, -0.25) is 14.5 Å².